The maximum atomic E-state index is 14.2. The zero-order valence-corrected chi connectivity index (χ0v) is 73.9. The Balaban J connectivity index is 0.633. The summed E-state index contributed by atoms with van der Waals surface area (Å²) in [6.45, 7) is -0.193. The van der Waals surface area contributed by atoms with E-state index in [2.05, 4.69) is 80.9 Å². The van der Waals surface area contributed by atoms with Gasteiger partial charge in [-0.1, -0.05) is 98.6 Å². The van der Waals surface area contributed by atoms with E-state index in [-0.39, 0.29) is 113 Å². The molecule has 12 atom stereocenters. The standard InChI is InChI=1S/C83H104N14O26P2S2/c1-52(2)71(91-68(99)44-63(78(104)85-28-29-111-32-33-113-36-37-115-40-41-116-39-38-114-35-34-112-31-30-110-5)90-67(98)24-25-70(100)96-46-57-14-7-6-12-55(57)20-21-56-13-9-11-17-64(56)96)79(105)88-53(3)76(102)89-60-22-18-54(19-23-60)47-117-83(107)95(4)45-58-15-8-10-16-62(58)77(103)93-82-92-75-72(80(106)94-82)87-51-97(75)81-74-73(101)66(121-81)49-119-124(108,126)122-65-43-61(120-69-26-27-84-50-86-69)42-59(65)48-118-125(109,127)123-74/h6-19,22-23,26-27,50-53,59,61,63,65-66,71,73-74,81,101H,24-25,28-49H2,1-5H3,(H,85,104)(H,88,105)(H,89,102)(H,90,98)(H,91,99)(H,108,126)(H,109,127)(H2,92,93,94,103,106)/t53-,59+,61+,63-,65-,66+,71-,73+,74+,81+,124?,125?/m0/s1. The Morgan fingerprint density at radius 2 is 1.39 bits per heavy atom. The van der Waals surface area contributed by atoms with E-state index in [0.717, 1.165) is 17.5 Å². The highest BCUT2D eigenvalue weighted by atomic mass is 32.7. The molecular weight excluding hydrogens is 1740 g/mol. The van der Waals surface area contributed by atoms with Crippen LogP contribution in [0, 0.1) is 23.7 Å². The minimum absolute atomic E-state index is 0.0287. The number of aliphatic hydroxyl groups excluding tert-OH is 1. The first-order chi connectivity index (χ1) is 61.2. The molecule has 2 saturated heterocycles. The summed E-state index contributed by atoms with van der Waals surface area (Å²) < 4.78 is 94.5. The van der Waals surface area contributed by atoms with Crippen molar-refractivity contribution in [3.05, 3.63) is 166 Å². The number of imidazole rings is 1. The number of hydrogen-bond acceptors (Lipinski definition) is 30. The molecule has 6 heterocycles. The fraction of sp³-hybridized carbons (Fsp3) is 0.482. The predicted molar refractivity (Wildman–Crippen MR) is 463 cm³/mol. The summed E-state index contributed by atoms with van der Waals surface area (Å²) in [5.41, 5.74) is 2.71. The van der Waals surface area contributed by atoms with Crippen molar-refractivity contribution in [2.75, 3.05) is 135 Å². The monoisotopic (exact) mass is 1840 g/mol. The summed E-state index contributed by atoms with van der Waals surface area (Å²) in [6.07, 6.45) is -4.95. The number of aromatic amines is 1. The Hall–Kier alpha value is -10.1. The highest BCUT2D eigenvalue weighted by Crippen LogP contribution is 2.59. The van der Waals surface area contributed by atoms with Gasteiger partial charge in [-0.25, -0.2) is 24.3 Å². The molecule has 0 radical (unpaired) electrons. The van der Waals surface area contributed by atoms with E-state index in [9.17, 15) is 57.7 Å². The molecule has 127 heavy (non-hydrogen) atoms. The van der Waals surface area contributed by atoms with Gasteiger partial charge in [-0.15, -0.1) is 0 Å². The molecule has 0 spiro atoms. The molecule has 44 heteroatoms. The number of carbonyl (C=O) groups is 8. The zero-order chi connectivity index (χ0) is 90.4. The third-order valence-electron chi connectivity index (χ3n) is 20.3. The Labute approximate surface area is 741 Å². The number of aliphatic hydroxyl groups is 1. The normalized spacial score (nSPS) is 20.9. The first-order valence-corrected chi connectivity index (χ1v) is 46.3. The van der Waals surface area contributed by atoms with E-state index < -0.39 is 140 Å². The van der Waals surface area contributed by atoms with Crippen molar-refractivity contribution >= 4 is 114 Å². The van der Waals surface area contributed by atoms with Gasteiger partial charge in [0.15, 0.2) is 17.4 Å². The maximum Gasteiger partial charge on any atom is 0.410 e. The average Bonchev–Trinajstić information content (AvgIpc) is 1.61. The number of rotatable bonds is 43. The molecule has 2 unspecified atom stereocenters. The molecule has 1 saturated carbocycles. The van der Waals surface area contributed by atoms with Crippen molar-refractivity contribution in [2.45, 2.75) is 127 Å². The average molecular weight is 1840 g/mol. The lowest BCUT2D eigenvalue weighted by Crippen LogP contribution is -2.55. The second-order valence-electron chi connectivity index (χ2n) is 30.0. The largest absolute Gasteiger partial charge is 0.474 e. The molecule has 3 aromatic heterocycles. The van der Waals surface area contributed by atoms with Gasteiger partial charge in [0.05, 0.1) is 130 Å². The van der Waals surface area contributed by atoms with Crippen molar-refractivity contribution in [2.24, 2.45) is 11.8 Å². The Kier molecular flexibility index (Phi) is 37.1. The summed E-state index contributed by atoms with van der Waals surface area (Å²) in [4.78, 5) is 158. The summed E-state index contributed by atoms with van der Waals surface area (Å²) in [5.74, 6) is 0.334. The number of nitrogens with zero attached hydrogens (tertiary/aromatic N) is 7. The van der Waals surface area contributed by atoms with Crippen LogP contribution in [0.3, 0.4) is 0 Å². The van der Waals surface area contributed by atoms with Crippen LogP contribution < -0.4 is 47.1 Å². The molecule has 1 aliphatic carbocycles. The molecule has 7 aromatic rings. The van der Waals surface area contributed by atoms with E-state index >= 15 is 0 Å². The Morgan fingerprint density at radius 1 is 0.724 bits per heavy atom. The van der Waals surface area contributed by atoms with Crippen LogP contribution >= 0.6 is 25.8 Å². The number of thiol groups is 1. The second-order valence-corrected chi connectivity index (χ2v) is 35.6. The summed E-state index contributed by atoms with van der Waals surface area (Å²) in [6, 6.07) is 24.9. The van der Waals surface area contributed by atoms with Crippen LogP contribution in [-0.4, -0.2) is 260 Å². The molecule has 11 rings (SSSR count). The molecule has 3 fully saturated rings. The molecule has 4 aromatic carbocycles. The number of aromatic nitrogens is 6. The van der Waals surface area contributed by atoms with E-state index in [1.54, 1.807) is 92.6 Å². The zero-order valence-electron chi connectivity index (χ0n) is 70.4. The van der Waals surface area contributed by atoms with Gasteiger partial charge in [-0.05, 0) is 84.2 Å². The molecule has 2 bridgehead atoms. The number of benzene rings is 4. The van der Waals surface area contributed by atoms with Gasteiger partial charge in [0.25, 0.3) is 11.5 Å². The van der Waals surface area contributed by atoms with Crippen LogP contribution in [0.15, 0.2) is 127 Å². The Morgan fingerprint density at radius 3 is 2.08 bits per heavy atom. The molecule has 3 aliphatic heterocycles. The van der Waals surface area contributed by atoms with Gasteiger partial charge in [0.2, 0.25) is 47.3 Å². The number of hydrogen-bond donors (Lipinski definition) is 10. The van der Waals surface area contributed by atoms with Crippen LogP contribution in [-0.2, 0) is 126 Å². The van der Waals surface area contributed by atoms with Gasteiger partial charge in [0.1, 0.15) is 55.5 Å². The van der Waals surface area contributed by atoms with Crippen LogP contribution in [0.2, 0.25) is 0 Å². The van der Waals surface area contributed by atoms with Gasteiger partial charge in [-0.2, -0.15) is 4.98 Å². The SMILES string of the molecule is COCCOCCOCCOCCOCCOCCOCCNC(=O)[C@H](CC(=O)N[C@H](C(=O)N[C@@H](C)C(=O)Nc1ccc(COC(=O)N(C)Cc2ccccc2C(=O)Nc2nc3c(ncn3[C@@H]3O[C@@H]4COP(O)(=S)O[C@H]5C[C@H](Oc6ccncn6)C[C@@H]5COP(=O)(S)O[C@@H]3[C@@H]4O)c(=O)[nH]2)cc1)C(C)C)NC(=O)CCC(=O)N1Cc2ccccc2C#Cc2ccccc21. The molecule has 9 N–H and O–H groups in total. The number of anilines is 3. The van der Waals surface area contributed by atoms with Crippen molar-refractivity contribution in [1.29, 1.82) is 0 Å². The van der Waals surface area contributed by atoms with Crippen LogP contribution in [0.25, 0.3) is 11.2 Å². The number of H-pyrrole nitrogens is 1. The molecule has 40 nitrogen and oxygen atoms in total. The minimum Gasteiger partial charge on any atom is -0.474 e. The highest BCUT2D eigenvalue weighted by molar-refractivity contribution is 8.44. The van der Waals surface area contributed by atoms with Crippen molar-refractivity contribution in [3.8, 4) is 17.7 Å². The van der Waals surface area contributed by atoms with Crippen molar-refractivity contribution < 1.29 is 118 Å². The van der Waals surface area contributed by atoms with E-state index in [1.165, 1.54) is 42.0 Å². The quantitative estimate of drug-likeness (QED) is 0.0102. The number of nitrogens with one attached hydrogen (secondary N) is 7. The van der Waals surface area contributed by atoms with Gasteiger partial charge >= 0.3 is 19.6 Å². The molecule has 4 aliphatic rings. The van der Waals surface area contributed by atoms with Crippen LogP contribution in [0.4, 0.5) is 22.1 Å². The lowest BCUT2D eigenvalue weighted by Gasteiger charge is -2.27. The highest BCUT2D eigenvalue weighted by Gasteiger charge is 2.51. The predicted octanol–water partition coefficient (Wildman–Crippen LogP) is 5.17. The van der Waals surface area contributed by atoms with Crippen molar-refractivity contribution in [3.63, 3.8) is 0 Å². The number of para-hydroxylation sites is 1. The maximum absolute atomic E-state index is 14.2. The van der Waals surface area contributed by atoms with Gasteiger partial charge in [0, 0.05) is 87.1 Å². The lowest BCUT2D eigenvalue weighted by molar-refractivity contribution is -0.134. The summed E-state index contributed by atoms with van der Waals surface area (Å²) >= 11 is 9.65. The first-order valence-electron chi connectivity index (χ1n) is 41.0. The number of methoxy groups -OCH3 is 1. The second kappa shape index (κ2) is 48.3. The van der Waals surface area contributed by atoms with E-state index in [0.29, 0.717) is 94.1 Å². The van der Waals surface area contributed by atoms with Gasteiger partial charge in [-0.3, -0.25) is 57.7 Å². The van der Waals surface area contributed by atoms with Crippen LogP contribution in [0.1, 0.15) is 97.3 Å². The fourth-order valence-electron chi connectivity index (χ4n) is 13.7. The van der Waals surface area contributed by atoms with E-state index in [4.69, 9.17) is 77.3 Å². The van der Waals surface area contributed by atoms with E-state index in [1.807, 2.05) is 30.3 Å². The fourth-order valence-corrected chi connectivity index (χ4v) is 16.7. The molecule has 684 valence electrons. The third kappa shape index (κ3) is 29.5. The number of fused-ring (bicyclic) bond motifs is 6. The third-order valence-corrected chi connectivity index (χ3v) is 23.5. The number of carbonyl (C=O) groups excluding carboxylic acids is 8. The molecule has 8 amide bonds. The topological polar surface area (TPSA) is 491 Å². The van der Waals surface area contributed by atoms with Crippen molar-refractivity contribution in [1.82, 2.24) is 55.7 Å². The number of amides is 8. The first kappa shape index (κ1) is 97.5. The number of ether oxygens (including phenoxy) is 10. The smallest absolute Gasteiger partial charge is 0.410 e. The summed E-state index contributed by atoms with van der Waals surface area (Å²) in [7, 11) is 3.05. The molecular formula is C83H104N14O26P2S2. The minimum atomic E-state index is -4.40. The summed E-state index contributed by atoms with van der Waals surface area (Å²) in [5, 5.41) is 27.6. The van der Waals surface area contributed by atoms with Gasteiger partial charge < -0.3 is 107 Å². The van der Waals surface area contributed by atoms with Crippen LogP contribution in [0.5, 0.6) is 5.88 Å². The Bertz CT molecular complexity index is 5130. The lowest BCUT2D eigenvalue weighted by atomic mass is 10.0.